The Bertz CT molecular complexity index is 254. The smallest absolute Gasteiger partial charge is 0.305 e. The van der Waals surface area contributed by atoms with Gasteiger partial charge in [0.05, 0.1) is 12.5 Å². The summed E-state index contributed by atoms with van der Waals surface area (Å²) in [5.74, 6) is -1.04. The molecule has 1 atom stereocenters. The standard InChI is InChI=1S/C12H24N2O3/c1-4-5-6-10(13)12(17)14(9(2)3)8-7-11(15)16/h9-10H,4-8,13H2,1-3H3,(H,15,16)/t10-/m0/s1. The first kappa shape index (κ1) is 15.9. The summed E-state index contributed by atoms with van der Waals surface area (Å²) in [6.45, 7) is 6.01. The molecule has 5 nitrogen and oxygen atoms in total. The van der Waals surface area contributed by atoms with Crippen LogP contribution in [0.15, 0.2) is 0 Å². The fraction of sp³-hybridized carbons (Fsp3) is 0.833. The minimum Gasteiger partial charge on any atom is -0.481 e. The monoisotopic (exact) mass is 244 g/mol. The van der Waals surface area contributed by atoms with Gasteiger partial charge in [0.15, 0.2) is 0 Å². The zero-order valence-corrected chi connectivity index (χ0v) is 11.0. The van der Waals surface area contributed by atoms with Crippen molar-refractivity contribution < 1.29 is 14.7 Å². The van der Waals surface area contributed by atoms with Crippen LogP contribution in [0.3, 0.4) is 0 Å². The van der Waals surface area contributed by atoms with Crippen molar-refractivity contribution in [1.82, 2.24) is 4.90 Å². The van der Waals surface area contributed by atoms with Gasteiger partial charge in [-0.2, -0.15) is 0 Å². The van der Waals surface area contributed by atoms with Crippen molar-refractivity contribution in [3.63, 3.8) is 0 Å². The summed E-state index contributed by atoms with van der Waals surface area (Å²) in [5.41, 5.74) is 5.81. The number of nitrogens with two attached hydrogens (primary N) is 1. The molecule has 0 rings (SSSR count). The maximum absolute atomic E-state index is 12.0. The van der Waals surface area contributed by atoms with Gasteiger partial charge in [-0.1, -0.05) is 19.8 Å². The van der Waals surface area contributed by atoms with Gasteiger partial charge in [-0.05, 0) is 20.3 Å². The van der Waals surface area contributed by atoms with E-state index >= 15 is 0 Å². The third-order valence-corrected chi connectivity index (χ3v) is 2.66. The number of amides is 1. The topological polar surface area (TPSA) is 83.6 Å². The summed E-state index contributed by atoms with van der Waals surface area (Å²) < 4.78 is 0. The lowest BCUT2D eigenvalue weighted by Crippen LogP contribution is -2.47. The molecule has 0 aliphatic carbocycles. The maximum atomic E-state index is 12.0. The molecule has 0 aromatic carbocycles. The first-order valence-corrected chi connectivity index (χ1v) is 6.18. The molecular formula is C12H24N2O3. The molecule has 3 N–H and O–H groups in total. The van der Waals surface area contributed by atoms with E-state index < -0.39 is 12.0 Å². The quantitative estimate of drug-likeness (QED) is 0.672. The van der Waals surface area contributed by atoms with E-state index in [2.05, 4.69) is 0 Å². The van der Waals surface area contributed by atoms with E-state index in [1.165, 1.54) is 0 Å². The van der Waals surface area contributed by atoms with Crippen molar-refractivity contribution in [2.45, 2.75) is 58.5 Å². The second kappa shape index (κ2) is 8.06. The molecule has 17 heavy (non-hydrogen) atoms. The lowest BCUT2D eigenvalue weighted by Gasteiger charge is -2.28. The Kier molecular flexibility index (Phi) is 7.54. The SMILES string of the molecule is CCCC[C@H](N)C(=O)N(CCC(=O)O)C(C)C. The lowest BCUT2D eigenvalue weighted by atomic mass is 10.1. The molecule has 0 aromatic rings. The van der Waals surface area contributed by atoms with Crippen molar-refractivity contribution in [1.29, 1.82) is 0 Å². The van der Waals surface area contributed by atoms with Crippen LogP contribution in [0.2, 0.25) is 0 Å². The highest BCUT2D eigenvalue weighted by molar-refractivity contribution is 5.82. The van der Waals surface area contributed by atoms with Crippen LogP contribution in [0.4, 0.5) is 0 Å². The molecule has 0 aliphatic heterocycles. The van der Waals surface area contributed by atoms with Crippen LogP contribution in [0.25, 0.3) is 0 Å². The summed E-state index contributed by atoms with van der Waals surface area (Å²) in [5, 5.41) is 8.64. The molecule has 0 heterocycles. The molecule has 1 amide bonds. The van der Waals surface area contributed by atoms with E-state index in [9.17, 15) is 9.59 Å². The van der Waals surface area contributed by atoms with Crippen LogP contribution >= 0.6 is 0 Å². The fourth-order valence-corrected chi connectivity index (χ4v) is 1.60. The zero-order valence-electron chi connectivity index (χ0n) is 11.0. The molecular weight excluding hydrogens is 220 g/mol. The molecule has 0 radical (unpaired) electrons. The molecule has 100 valence electrons. The lowest BCUT2D eigenvalue weighted by molar-refractivity contribution is -0.139. The minimum atomic E-state index is -0.898. The molecule has 0 saturated heterocycles. The number of carbonyl (C=O) groups is 2. The highest BCUT2D eigenvalue weighted by Gasteiger charge is 2.23. The van der Waals surface area contributed by atoms with Crippen LogP contribution in [0.5, 0.6) is 0 Å². The van der Waals surface area contributed by atoms with Crippen molar-refractivity contribution in [2.75, 3.05) is 6.54 Å². The van der Waals surface area contributed by atoms with E-state index in [-0.39, 0.29) is 24.9 Å². The van der Waals surface area contributed by atoms with Gasteiger partial charge < -0.3 is 15.7 Å². The number of aliphatic carboxylic acids is 1. The Morgan fingerprint density at radius 1 is 1.35 bits per heavy atom. The van der Waals surface area contributed by atoms with Crippen LogP contribution in [-0.4, -0.2) is 40.5 Å². The van der Waals surface area contributed by atoms with E-state index in [0.717, 1.165) is 12.8 Å². The normalized spacial score (nSPS) is 12.5. The van der Waals surface area contributed by atoms with Crippen LogP contribution in [0, 0.1) is 0 Å². The molecule has 0 fully saturated rings. The third-order valence-electron chi connectivity index (χ3n) is 2.66. The van der Waals surface area contributed by atoms with Crippen molar-refractivity contribution in [3.8, 4) is 0 Å². The first-order valence-electron chi connectivity index (χ1n) is 6.18. The number of carboxylic acids is 1. The number of carbonyl (C=O) groups excluding carboxylic acids is 1. The Morgan fingerprint density at radius 2 is 1.94 bits per heavy atom. The van der Waals surface area contributed by atoms with Gasteiger partial charge >= 0.3 is 5.97 Å². The fourth-order valence-electron chi connectivity index (χ4n) is 1.60. The Hall–Kier alpha value is -1.10. The van der Waals surface area contributed by atoms with E-state index in [1.807, 2.05) is 20.8 Å². The summed E-state index contributed by atoms with van der Waals surface area (Å²) in [6, 6.07) is -0.527. The first-order chi connectivity index (χ1) is 7.90. The Labute approximate surface area is 103 Å². The van der Waals surface area contributed by atoms with Crippen LogP contribution < -0.4 is 5.73 Å². The predicted molar refractivity (Wildman–Crippen MR) is 66.6 cm³/mol. The zero-order chi connectivity index (χ0) is 13.4. The molecule has 5 heteroatoms. The van der Waals surface area contributed by atoms with Crippen molar-refractivity contribution in [3.05, 3.63) is 0 Å². The number of carboxylic acid groups (broad SMARTS) is 1. The molecule has 0 aliphatic rings. The van der Waals surface area contributed by atoms with Gasteiger partial charge in [-0.25, -0.2) is 0 Å². The number of unbranched alkanes of at least 4 members (excludes halogenated alkanes) is 1. The van der Waals surface area contributed by atoms with E-state index in [1.54, 1.807) is 4.90 Å². The van der Waals surface area contributed by atoms with Crippen LogP contribution in [0.1, 0.15) is 46.5 Å². The van der Waals surface area contributed by atoms with Crippen molar-refractivity contribution >= 4 is 11.9 Å². The van der Waals surface area contributed by atoms with Gasteiger partial charge in [0.2, 0.25) is 5.91 Å². The highest BCUT2D eigenvalue weighted by atomic mass is 16.4. The summed E-state index contributed by atoms with van der Waals surface area (Å²) in [4.78, 5) is 24.1. The van der Waals surface area contributed by atoms with Gasteiger partial charge in [0.1, 0.15) is 0 Å². The van der Waals surface area contributed by atoms with Gasteiger partial charge in [0.25, 0.3) is 0 Å². The van der Waals surface area contributed by atoms with Gasteiger partial charge in [-0.15, -0.1) is 0 Å². The largest absolute Gasteiger partial charge is 0.481 e. The molecule has 0 aromatic heterocycles. The third kappa shape index (κ3) is 6.26. The second-order valence-electron chi connectivity index (χ2n) is 4.52. The number of rotatable bonds is 8. The van der Waals surface area contributed by atoms with Gasteiger partial charge in [0, 0.05) is 12.6 Å². The van der Waals surface area contributed by atoms with E-state index in [4.69, 9.17) is 10.8 Å². The summed E-state index contributed by atoms with van der Waals surface area (Å²) in [7, 11) is 0. The average molecular weight is 244 g/mol. The number of hydrogen-bond acceptors (Lipinski definition) is 3. The van der Waals surface area contributed by atoms with Crippen molar-refractivity contribution in [2.24, 2.45) is 5.73 Å². The van der Waals surface area contributed by atoms with Crippen LogP contribution in [-0.2, 0) is 9.59 Å². The molecule has 0 unspecified atom stereocenters. The Balaban J connectivity index is 4.37. The molecule has 0 bridgehead atoms. The average Bonchev–Trinajstić information content (AvgIpc) is 2.24. The highest BCUT2D eigenvalue weighted by Crippen LogP contribution is 2.07. The molecule has 0 saturated carbocycles. The number of nitrogens with zero attached hydrogens (tertiary/aromatic N) is 1. The molecule has 0 spiro atoms. The predicted octanol–water partition coefficient (Wildman–Crippen LogP) is 1.22. The Morgan fingerprint density at radius 3 is 2.35 bits per heavy atom. The van der Waals surface area contributed by atoms with Gasteiger partial charge in [-0.3, -0.25) is 9.59 Å². The minimum absolute atomic E-state index is 0.0190. The summed E-state index contributed by atoms with van der Waals surface area (Å²) in [6.07, 6.45) is 2.53. The maximum Gasteiger partial charge on any atom is 0.305 e. The number of hydrogen-bond donors (Lipinski definition) is 2. The second-order valence-corrected chi connectivity index (χ2v) is 4.52. The van der Waals surface area contributed by atoms with E-state index in [0.29, 0.717) is 6.42 Å². The summed E-state index contributed by atoms with van der Waals surface area (Å²) >= 11 is 0.